The van der Waals surface area contributed by atoms with Gasteiger partial charge in [-0.1, -0.05) is 18.2 Å². The maximum Gasteiger partial charge on any atom is 0.337 e. The van der Waals surface area contributed by atoms with Crippen molar-refractivity contribution >= 4 is 23.3 Å². The van der Waals surface area contributed by atoms with Crippen LogP contribution in [0, 0.1) is 6.92 Å². The van der Waals surface area contributed by atoms with Gasteiger partial charge in [-0.25, -0.2) is 4.79 Å². The lowest BCUT2D eigenvalue weighted by molar-refractivity contribution is 0.0698. The molecule has 0 unspecified atom stereocenters. The molecular formula is C20H23N3O3. The zero-order chi connectivity index (χ0) is 18.7. The maximum absolute atomic E-state index is 12.5. The van der Waals surface area contributed by atoms with E-state index in [-0.39, 0.29) is 11.5 Å². The molecule has 0 radical (unpaired) electrons. The predicted octanol–water partition coefficient (Wildman–Crippen LogP) is 2.70. The van der Waals surface area contributed by atoms with Gasteiger partial charge in [0.1, 0.15) is 0 Å². The molecule has 2 aromatic rings. The first kappa shape index (κ1) is 17.9. The summed E-state index contributed by atoms with van der Waals surface area (Å²) in [5, 5.41) is 12.3. The molecule has 0 aromatic heterocycles. The molecule has 0 saturated carbocycles. The maximum atomic E-state index is 12.5. The Kier molecular flexibility index (Phi) is 5.23. The largest absolute Gasteiger partial charge is 0.478 e. The topological polar surface area (TPSA) is 72.9 Å². The molecule has 0 aliphatic carbocycles. The number of rotatable bonds is 4. The number of carbonyl (C=O) groups is 2. The zero-order valence-electron chi connectivity index (χ0n) is 15.0. The fourth-order valence-electron chi connectivity index (χ4n) is 3.10. The van der Waals surface area contributed by atoms with Gasteiger partial charge in [0, 0.05) is 37.4 Å². The summed E-state index contributed by atoms with van der Waals surface area (Å²) in [6.07, 6.45) is 0. The highest BCUT2D eigenvalue weighted by atomic mass is 16.4. The summed E-state index contributed by atoms with van der Waals surface area (Å²) in [6, 6.07) is 12.4. The average Bonchev–Trinajstić information content (AvgIpc) is 2.63. The molecule has 1 aliphatic rings. The summed E-state index contributed by atoms with van der Waals surface area (Å²) in [5.74, 6) is -1.36. The summed E-state index contributed by atoms with van der Waals surface area (Å²) in [5.41, 5.74) is 2.65. The molecule has 0 spiro atoms. The first-order valence-corrected chi connectivity index (χ1v) is 8.63. The van der Waals surface area contributed by atoms with Gasteiger partial charge in [-0.2, -0.15) is 0 Å². The second-order valence-corrected chi connectivity index (χ2v) is 6.59. The van der Waals surface area contributed by atoms with E-state index in [1.165, 1.54) is 0 Å². The Morgan fingerprint density at radius 3 is 2.35 bits per heavy atom. The minimum Gasteiger partial charge on any atom is -0.478 e. The molecule has 3 rings (SSSR count). The van der Waals surface area contributed by atoms with Crippen LogP contribution < -0.4 is 10.2 Å². The lowest BCUT2D eigenvalue weighted by Gasteiger charge is -2.34. The fraction of sp³-hybridized carbons (Fsp3) is 0.300. The summed E-state index contributed by atoms with van der Waals surface area (Å²) < 4.78 is 0. The molecule has 1 saturated heterocycles. The Hall–Kier alpha value is -2.86. The van der Waals surface area contributed by atoms with Crippen molar-refractivity contribution < 1.29 is 14.7 Å². The predicted molar refractivity (Wildman–Crippen MR) is 102 cm³/mol. The first-order valence-electron chi connectivity index (χ1n) is 8.63. The highest BCUT2D eigenvalue weighted by Gasteiger charge is 2.19. The minimum absolute atomic E-state index is 0.100. The van der Waals surface area contributed by atoms with Crippen LogP contribution in [0.4, 0.5) is 11.4 Å². The van der Waals surface area contributed by atoms with E-state index in [1.807, 2.05) is 25.1 Å². The molecular weight excluding hydrogens is 330 g/mol. The molecule has 26 heavy (non-hydrogen) atoms. The molecule has 1 fully saturated rings. The first-order chi connectivity index (χ1) is 12.5. The van der Waals surface area contributed by atoms with Crippen LogP contribution in [0.1, 0.15) is 26.3 Å². The van der Waals surface area contributed by atoms with Crippen LogP contribution in [0.25, 0.3) is 0 Å². The van der Waals surface area contributed by atoms with E-state index in [1.54, 1.807) is 24.3 Å². The van der Waals surface area contributed by atoms with Crippen LogP contribution in [0.2, 0.25) is 0 Å². The molecule has 2 N–H and O–H groups in total. The number of piperazine rings is 1. The number of likely N-dealkylation sites (N-methyl/N-ethyl adjacent to an activating group) is 1. The van der Waals surface area contributed by atoms with Crippen LogP contribution in [0.3, 0.4) is 0 Å². The Morgan fingerprint density at radius 2 is 1.69 bits per heavy atom. The second kappa shape index (κ2) is 7.58. The number of carboxylic acids is 1. The molecule has 6 heteroatoms. The van der Waals surface area contributed by atoms with Crippen LogP contribution in [-0.2, 0) is 0 Å². The van der Waals surface area contributed by atoms with E-state index >= 15 is 0 Å². The number of hydrogen-bond acceptors (Lipinski definition) is 4. The van der Waals surface area contributed by atoms with Crippen molar-refractivity contribution in [1.82, 2.24) is 4.90 Å². The van der Waals surface area contributed by atoms with Gasteiger partial charge >= 0.3 is 5.97 Å². The van der Waals surface area contributed by atoms with Gasteiger partial charge in [0.25, 0.3) is 5.91 Å². The van der Waals surface area contributed by atoms with Gasteiger partial charge in [0.05, 0.1) is 11.3 Å². The molecule has 1 aliphatic heterocycles. The van der Waals surface area contributed by atoms with Gasteiger partial charge in [-0.3, -0.25) is 4.79 Å². The molecule has 1 heterocycles. The third-order valence-electron chi connectivity index (χ3n) is 4.74. The van der Waals surface area contributed by atoms with E-state index in [0.29, 0.717) is 11.3 Å². The number of carboxylic acid groups (broad SMARTS) is 1. The van der Waals surface area contributed by atoms with Gasteiger partial charge in [-0.15, -0.1) is 0 Å². The minimum atomic E-state index is -1.05. The molecule has 2 aromatic carbocycles. The van der Waals surface area contributed by atoms with E-state index in [9.17, 15) is 14.7 Å². The molecule has 1 amide bonds. The van der Waals surface area contributed by atoms with E-state index < -0.39 is 5.97 Å². The van der Waals surface area contributed by atoms with Crippen molar-refractivity contribution in [3.8, 4) is 0 Å². The molecule has 0 atom stereocenters. The number of carbonyl (C=O) groups excluding carboxylic acids is 1. The van der Waals surface area contributed by atoms with Crippen molar-refractivity contribution in [1.29, 1.82) is 0 Å². The second-order valence-electron chi connectivity index (χ2n) is 6.59. The lowest BCUT2D eigenvalue weighted by atomic mass is 10.1. The number of nitrogens with one attached hydrogen (secondary N) is 1. The van der Waals surface area contributed by atoms with Crippen molar-refractivity contribution in [2.24, 2.45) is 0 Å². The molecule has 6 nitrogen and oxygen atoms in total. The zero-order valence-corrected chi connectivity index (χ0v) is 15.0. The van der Waals surface area contributed by atoms with Gasteiger partial charge in [-0.05, 0) is 43.8 Å². The Morgan fingerprint density at radius 1 is 1.00 bits per heavy atom. The number of aromatic carboxylic acids is 1. The van der Waals surface area contributed by atoms with Crippen molar-refractivity contribution in [2.75, 3.05) is 43.4 Å². The quantitative estimate of drug-likeness (QED) is 0.884. The Balaban J connectivity index is 1.84. The summed E-state index contributed by atoms with van der Waals surface area (Å²) in [7, 11) is 2.07. The monoisotopic (exact) mass is 353 g/mol. The number of aryl methyl sites for hydroxylation is 1. The van der Waals surface area contributed by atoms with Gasteiger partial charge < -0.3 is 20.2 Å². The summed E-state index contributed by atoms with van der Waals surface area (Å²) in [6.45, 7) is 5.43. The van der Waals surface area contributed by atoms with Gasteiger partial charge in [0.2, 0.25) is 0 Å². The normalized spacial score (nSPS) is 14.9. The third-order valence-corrected chi connectivity index (χ3v) is 4.74. The van der Waals surface area contributed by atoms with Crippen molar-refractivity contribution in [3.63, 3.8) is 0 Å². The summed E-state index contributed by atoms with van der Waals surface area (Å²) in [4.78, 5) is 28.6. The van der Waals surface area contributed by atoms with Crippen LogP contribution in [0.5, 0.6) is 0 Å². The van der Waals surface area contributed by atoms with Crippen LogP contribution in [-0.4, -0.2) is 55.1 Å². The Bertz CT molecular complexity index is 827. The highest BCUT2D eigenvalue weighted by Crippen LogP contribution is 2.25. The average molecular weight is 353 g/mol. The molecule has 136 valence electrons. The Labute approximate surface area is 153 Å². The number of anilines is 2. The van der Waals surface area contributed by atoms with Crippen molar-refractivity contribution in [3.05, 3.63) is 59.2 Å². The highest BCUT2D eigenvalue weighted by molar-refractivity contribution is 6.08. The third kappa shape index (κ3) is 3.86. The number of hydrogen-bond donors (Lipinski definition) is 2. The van der Waals surface area contributed by atoms with E-state index in [0.717, 1.165) is 37.4 Å². The number of benzene rings is 2. The van der Waals surface area contributed by atoms with E-state index in [4.69, 9.17) is 0 Å². The van der Waals surface area contributed by atoms with E-state index in [2.05, 4.69) is 22.2 Å². The van der Waals surface area contributed by atoms with Gasteiger partial charge in [0.15, 0.2) is 0 Å². The van der Waals surface area contributed by atoms with Crippen LogP contribution >= 0.6 is 0 Å². The SMILES string of the molecule is Cc1ccccc1C(=O)Nc1ccc(N2CCN(C)CC2)cc1C(=O)O. The standard InChI is InChI=1S/C20H23N3O3/c1-14-5-3-4-6-16(14)19(24)21-18-8-7-15(13-17(18)20(25)26)23-11-9-22(2)10-12-23/h3-8,13H,9-12H2,1-2H3,(H,21,24)(H,25,26). The lowest BCUT2D eigenvalue weighted by Crippen LogP contribution is -2.44. The number of amides is 1. The summed E-state index contributed by atoms with van der Waals surface area (Å²) >= 11 is 0. The fourth-order valence-corrected chi connectivity index (χ4v) is 3.10. The smallest absolute Gasteiger partial charge is 0.337 e. The van der Waals surface area contributed by atoms with Crippen LogP contribution in [0.15, 0.2) is 42.5 Å². The van der Waals surface area contributed by atoms with Crippen molar-refractivity contribution in [2.45, 2.75) is 6.92 Å². The molecule has 0 bridgehead atoms. The number of nitrogens with zero attached hydrogens (tertiary/aromatic N) is 2.